The maximum Gasteiger partial charge on any atom is 0.279 e. The smallest absolute Gasteiger partial charge is 0.279 e. The summed E-state index contributed by atoms with van der Waals surface area (Å²) in [5.74, 6) is 0.731. The Hall–Kier alpha value is -2.24. The van der Waals surface area contributed by atoms with E-state index in [-0.39, 0.29) is 5.91 Å². The van der Waals surface area contributed by atoms with Crippen LogP contribution in [0.2, 0.25) is 5.02 Å². The third-order valence-electron chi connectivity index (χ3n) is 4.85. The molecule has 1 amide bonds. The monoisotopic (exact) mass is 388 g/mol. The molecule has 0 unspecified atom stereocenters. The van der Waals surface area contributed by atoms with Gasteiger partial charge in [-0.25, -0.2) is 0 Å². The van der Waals surface area contributed by atoms with E-state index in [2.05, 4.69) is 23.2 Å². The fraction of sp³-hybridized carbons (Fsp3) is 0.381. The highest BCUT2D eigenvalue weighted by atomic mass is 35.5. The Labute approximate surface area is 165 Å². The van der Waals surface area contributed by atoms with Gasteiger partial charge in [-0.1, -0.05) is 29.8 Å². The SMILES string of the molecule is CCOc1ccccc1NC(=O)C[NH+]1CCN(c2cc(Cl)ccc2C)CC1. The highest BCUT2D eigenvalue weighted by molar-refractivity contribution is 6.30. The number of para-hydroxylation sites is 2. The Kier molecular flexibility index (Phi) is 6.58. The van der Waals surface area contributed by atoms with Crippen molar-refractivity contribution < 1.29 is 14.4 Å². The van der Waals surface area contributed by atoms with Crippen LogP contribution < -0.4 is 19.9 Å². The minimum atomic E-state index is 0.0181. The molecule has 0 aromatic heterocycles. The number of hydrogen-bond acceptors (Lipinski definition) is 3. The third-order valence-corrected chi connectivity index (χ3v) is 5.09. The zero-order valence-corrected chi connectivity index (χ0v) is 16.7. The zero-order chi connectivity index (χ0) is 19.2. The summed E-state index contributed by atoms with van der Waals surface area (Å²) in [6.45, 7) is 8.75. The standard InChI is InChI=1S/C21H26ClN3O2/c1-3-27-20-7-5-4-6-18(20)23-21(26)15-24-10-12-25(13-11-24)19-14-17(22)9-8-16(19)2/h4-9,14H,3,10-13,15H2,1-2H3,(H,23,26)/p+1. The van der Waals surface area contributed by atoms with Crippen LogP contribution in [0.15, 0.2) is 42.5 Å². The molecule has 1 aliphatic heterocycles. The van der Waals surface area contributed by atoms with Crippen molar-refractivity contribution >= 4 is 28.9 Å². The molecule has 6 heteroatoms. The minimum Gasteiger partial charge on any atom is -0.492 e. The number of amides is 1. The molecule has 2 aromatic carbocycles. The lowest BCUT2D eigenvalue weighted by atomic mass is 10.1. The number of aryl methyl sites for hydroxylation is 1. The van der Waals surface area contributed by atoms with E-state index in [1.54, 1.807) is 0 Å². The number of piperazine rings is 1. The molecule has 2 aromatic rings. The Balaban J connectivity index is 1.53. The molecule has 0 aliphatic carbocycles. The van der Waals surface area contributed by atoms with E-state index >= 15 is 0 Å². The normalized spacial score (nSPS) is 14.9. The van der Waals surface area contributed by atoms with E-state index < -0.39 is 0 Å². The molecule has 0 spiro atoms. The first-order valence-corrected chi connectivity index (χ1v) is 9.81. The fourth-order valence-corrected chi connectivity index (χ4v) is 3.60. The van der Waals surface area contributed by atoms with Crippen molar-refractivity contribution in [1.82, 2.24) is 0 Å². The number of nitrogens with one attached hydrogen (secondary N) is 2. The molecule has 5 nitrogen and oxygen atoms in total. The zero-order valence-electron chi connectivity index (χ0n) is 15.9. The Morgan fingerprint density at radius 2 is 1.96 bits per heavy atom. The molecule has 3 rings (SSSR count). The second kappa shape index (κ2) is 9.11. The molecule has 1 saturated heterocycles. The predicted molar refractivity (Wildman–Crippen MR) is 110 cm³/mol. The Morgan fingerprint density at radius 1 is 1.22 bits per heavy atom. The highest BCUT2D eigenvalue weighted by Crippen LogP contribution is 2.24. The number of hydrogen-bond donors (Lipinski definition) is 2. The molecular formula is C21H27ClN3O2+. The number of rotatable bonds is 6. The van der Waals surface area contributed by atoms with Crippen LogP contribution in [0, 0.1) is 6.92 Å². The second-order valence-electron chi connectivity index (χ2n) is 6.82. The summed E-state index contributed by atoms with van der Waals surface area (Å²) in [5.41, 5.74) is 3.15. The first kappa shape index (κ1) is 19.5. The molecule has 2 N–H and O–H groups in total. The van der Waals surface area contributed by atoms with Gasteiger partial charge in [-0.3, -0.25) is 4.79 Å². The lowest BCUT2D eigenvalue weighted by Crippen LogP contribution is -3.15. The highest BCUT2D eigenvalue weighted by Gasteiger charge is 2.23. The summed E-state index contributed by atoms with van der Waals surface area (Å²) in [6, 6.07) is 13.6. The molecule has 144 valence electrons. The number of quaternary nitrogens is 1. The minimum absolute atomic E-state index is 0.0181. The van der Waals surface area contributed by atoms with Gasteiger partial charge in [-0.15, -0.1) is 0 Å². The van der Waals surface area contributed by atoms with Crippen molar-refractivity contribution in [3.63, 3.8) is 0 Å². The Bertz CT molecular complexity index is 789. The van der Waals surface area contributed by atoms with Crippen LogP contribution >= 0.6 is 11.6 Å². The van der Waals surface area contributed by atoms with Crippen LogP contribution in [0.4, 0.5) is 11.4 Å². The fourth-order valence-electron chi connectivity index (χ4n) is 3.44. The van der Waals surface area contributed by atoms with Crippen LogP contribution in [0.1, 0.15) is 12.5 Å². The van der Waals surface area contributed by atoms with E-state index in [9.17, 15) is 4.79 Å². The van der Waals surface area contributed by atoms with Crippen LogP contribution in [0.5, 0.6) is 5.75 Å². The summed E-state index contributed by atoms with van der Waals surface area (Å²) in [6.07, 6.45) is 0. The molecule has 1 aliphatic rings. The van der Waals surface area contributed by atoms with Crippen LogP contribution in [0.3, 0.4) is 0 Å². The molecule has 27 heavy (non-hydrogen) atoms. The lowest BCUT2D eigenvalue weighted by molar-refractivity contribution is -0.892. The number of benzene rings is 2. The van der Waals surface area contributed by atoms with Gasteiger partial charge >= 0.3 is 0 Å². The average Bonchev–Trinajstić information content (AvgIpc) is 2.66. The van der Waals surface area contributed by atoms with Crippen molar-refractivity contribution in [2.75, 3.05) is 49.5 Å². The maximum absolute atomic E-state index is 12.5. The lowest BCUT2D eigenvalue weighted by Gasteiger charge is -2.34. The van der Waals surface area contributed by atoms with Crippen molar-refractivity contribution in [2.24, 2.45) is 0 Å². The summed E-state index contributed by atoms with van der Waals surface area (Å²) in [5, 5.41) is 3.75. The van der Waals surface area contributed by atoms with Crippen LogP contribution in [-0.2, 0) is 4.79 Å². The summed E-state index contributed by atoms with van der Waals surface area (Å²) < 4.78 is 5.57. The van der Waals surface area contributed by atoms with Gasteiger partial charge in [0.15, 0.2) is 6.54 Å². The van der Waals surface area contributed by atoms with Crippen molar-refractivity contribution in [3.05, 3.63) is 53.1 Å². The maximum atomic E-state index is 12.5. The van der Waals surface area contributed by atoms with Gasteiger partial charge in [0.1, 0.15) is 5.75 Å². The molecule has 1 heterocycles. The molecule has 0 bridgehead atoms. The first-order chi connectivity index (χ1) is 13.1. The third kappa shape index (κ3) is 5.15. The number of halogens is 1. The predicted octanol–water partition coefficient (Wildman–Crippen LogP) is 2.39. The number of nitrogens with zero attached hydrogens (tertiary/aromatic N) is 1. The van der Waals surface area contributed by atoms with E-state index in [0.29, 0.717) is 18.9 Å². The average molecular weight is 389 g/mol. The number of ether oxygens (including phenoxy) is 1. The number of anilines is 2. The van der Waals surface area contributed by atoms with Gasteiger partial charge < -0.3 is 19.9 Å². The van der Waals surface area contributed by atoms with Crippen molar-refractivity contribution in [1.29, 1.82) is 0 Å². The summed E-state index contributed by atoms with van der Waals surface area (Å²) >= 11 is 6.15. The number of carbonyl (C=O) groups is 1. The summed E-state index contributed by atoms with van der Waals surface area (Å²) in [7, 11) is 0. The van der Waals surface area contributed by atoms with Crippen molar-refractivity contribution in [3.8, 4) is 5.75 Å². The van der Waals surface area contributed by atoms with Crippen molar-refractivity contribution in [2.45, 2.75) is 13.8 Å². The van der Waals surface area contributed by atoms with E-state index in [1.165, 1.54) is 16.2 Å². The quantitative estimate of drug-likeness (QED) is 0.798. The molecule has 0 atom stereocenters. The molecule has 0 radical (unpaired) electrons. The largest absolute Gasteiger partial charge is 0.492 e. The van der Waals surface area contributed by atoms with E-state index in [0.717, 1.165) is 36.9 Å². The number of carbonyl (C=O) groups excluding carboxylic acids is 1. The Morgan fingerprint density at radius 3 is 2.70 bits per heavy atom. The van der Waals surface area contributed by atoms with Gasteiger partial charge in [0.2, 0.25) is 0 Å². The first-order valence-electron chi connectivity index (χ1n) is 9.43. The molecule has 0 saturated carbocycles. The summed E-state index contributed by atoms with van der Waals surface area (Å²) in [4.78, 5) is 16.1. The van der Waals surface area contributed by atoms with Crippen LogP contribution in [0.25, 0.3) is 0 Å². The second-order valence-corrected chi connectivity index (χ2v) is 7.26. The van der Waals surface area contributed by atoms with E-state index in [4.69, 9.17) is 16.3 Å². The van der Waals surface area contributed by atoms with Gasteiger partial charge in [-0.2, -0.15) is 0 Å². The van der Waals surface area contributed by atoms with Gasteiger partial charge in [0.05, 0.1) is 38.5 Å². The van der Waals surface area contributed by atoms with Gasteiger partial charge in [-0.05, 0) is 43.7 Å². The topological polar surface area (TPSA) is 46.0 Å². The van der Waals surface area contributed by atoms with E-state index in [1.807, 2.05) is 43.3 Å². The van der Waals surface area contributed by atoms with Gasteiger partial charge in [0, 0.05) is 10.7 Å². The molecule has 1 fully saturated rings. The van der Waals surface area contributed by atoms with Crippen LogP contribution in [-0.4, -0.2) is 45.2 Å². The molecular weight excluding hydrogens is 362 g/mol. The van der Waals surface area contributed by atoms with Gasteiger partial charge in [0.25, 0.3) is 5.91 Å².